The predicted octanol–water partition coefficient (Wildman–Crippen LogP) is 1.46. The van der Waals surface area contributed by atoms with Crippen LogP contribution in [0.4, 0.5) is 0 Å². The monoisotopic (exact) mass is 222 g/mol. The zero-order chi connectivity index (χ0) is 11.4. The third kappa shape index (κ3) is 2.85. The summed E-state index contributed by atoms with van der Waals surface area (Å²) in [6, 6.07) is 2.33. The van der Waals surface area contributed by atoms with Gasteiger partial charge in [0.1, 0.15) is 12.0 Å². The minimum Gasteiger partial charge on any atom is -0.469 e. The van der Waals surface area contributed by atoms with Crippen molar-refractivity contribution >= 4 is 5.91 Å². The molecular formula is C12H18N2O2. The molecule has 1 unspecified atom stereocenters. The topological polar surface area (TPSA) is 54.3 Å². The first kappa shape index (κ1) is 11.2. The largest absolute Gasteiger partial charge is 0.469 e. The summed E-state index contributed by atoms with van der Waals surface area (Å²) in [5, 5.41) is 6.30. The second-order valence-corrected chi connectivity index (χ2v) is 4.28. The van der Waals surface area contributed by atoms with Gasteiger partial charge in [-0.05, 0) is 38.8 Å². The number of rotatable bonds is 4. The molecule has 4 nitrogen and oxygen atoms in total. The van der Waals surface area contributed by atoms with E-state index in [0.717, 1.165) is 25.3 Å². The lowest BCUT2D eigenvalue weighted by Crippen LogP contribution is -2.30. The number of aryl methyl sites for hydroxylation is 1. The van der Waals surface area contributed by atoms with Crippen molar-refractivity contribution < 1.29 is 9.21 Å². The van der Waals surface area contributed by atoms with E-state index in [2.05, 4.69) is 10.6 Å². The Morgan fingerprint density at radius 3 is 3.19 bits per heavy atom. The van der Waals surface area contributed by atoms with Crippen LogP contribution < -0.4 is 10.6 Å². The first-order chi connectivity index (χ1) is 7.75. The average molecular weight is 222 g/mol. The molecule has 1 amide bonds. The minimum absolute atomic E-state index is 0.0464. The Labute approximate surface area is 95.4 Å². The maximum absolute atomic E-state index is 11.6. The fraction of sp³-hybridized carbons (Fsp3) is 0.583. The summed E-state index contributed by atoms with van der Waals surface area (Å²) < 4.78 is 5.09. The van der Waals surface area contributed by atoms with Crippen molar-refractivity contribution in [3.63, 3.8) is 0 Å². The van der Waals surface area contributed by atoms with Gasteiger partial charge in [0.25, 0.3) is 5.91 Å². The highest BCUT2D eigenvalue weighted by molar-refractivity contribution is 5.93. The number of amides is 1. The van der Waals surface area contributed by atoms with Gasteiger partial charge in [-0.3, -0.25) is 4.79 Å². The highest BCUT2D eigenvalue weighted by atomic mass is 16.3. The second kappa shape index (κ2) is 5.16. The molecule has 0 spiro atoms. The molecule has 1 aliphatic heterocycles. The van der Waals surface area contributed by atoms with Gasteiger partial charge in [-0.1, -0.05) is 0 Å². The molecule has 0 saturated carbocycles. The Balaban J connectivity index is 1.71. The first-order valence-corrected chi connectivity index (χ1v) is 5.82. The predicted molar refractivity (Wildman–Crippen MR) is 61.4 cm³/mol. The summed E-state index contributed by atoms with van der Waals surface area (Å²) in [6.07, 6.45) is 4.97. The van der Waals surface area contributed by atoms with Crippen molar-refractivity contribution in [1.82, 2.24) is 10.6 Å². The molecular weight excluding hydrogens is 204 g/mol. The highest BCUT2D eigenvalue weighted by Gasteiger charge is 2.14. The molecule has 16 heavy (non-hydrogen) atoms. The zero-order valence-electron chi connectivity index (χ0n) is 9.58. The molecule has 1 aromatic rings. The van der Waals surface area contributed by atoms with E-state index in [1.54, 1.807) is 6.07 Å². The lowest BCUT2D eigenvalue weighted by Gasteiger charge is -2.09. The van der Waals surface area contributed by atoms with Crippen LogP contribution in [-0.2, 0) is 0 Å². The van der Waals surface area contributed by atoms with Crippen LogP contribution in [0.3, 0.4) is 0 Å². The second-order valence-electron chi connectivity index (χ2n) is 4.28. The summed E-state index contributed by atoms with van der Waals surface area (Å²) in [6.45, 7) is 3.67. The van der Waals surface area contributed by atoms with Crippen molar-refractivity contribution in [1.29, 1.82) is 0 Å². The fourth-order valence-corrected chi connectivity index (χ4v) is 2.03. The normalized spacial score (nSPS) is 19.9. The van der Waals surface area contributed by atoms with Gasteiger partial charge >= 0.3 is 0 Å². The molecule has 1 saturated heterocycles. The maximum atomic E-state index is 11.6. The molecule has 1 atom stereocenters. The van der Waals surface area contributed by atoms with Crippen molar-refractivity contribution in [2.45, 2.75) is 32.2 Å². The van der Waals surface area contributed by atoms with E-state index in [1.807, 2.05) is 6.92 Å². The number of carbonyl (C=O) groups excluding carboxylic acids is 1. The van der Waals surface area contributed by atoms with Gasteiger partial charge in [-0.25, -0.2) is 0 Å². The van der Waals surface area contributed by atoms with E-state index in [4.69, 9.17) is 4.42 Å². The van der Waals surface area contributed by atoms with Crippen LogP contribution in [0, 0.1) is 6.92 Å². The van der Waals surface area contributed by atoms with Crippen molar-refractivity contribution in [3.8, 4) is 0 Å². The smallest absolute Gasteiger partial charge is 0.254 e. The van der Waals surface area contributed by atoms with Gasteiger partial charge in [0.2, 0.25) is 0 Å². The van der Waals surface area contributed by atoms with E-state index in [-0.39, 0.29) is 5.91 Å². The Bertz CT molecular complexity index is 354. The van der Waals surface area contributed by atoms with E-state index in [1.165, 1.54) is 19.1 Å². The van der Waals surface area contributed by atoms with Gasteiger partial charge in [-0.15, -0.1) is 0 Å². The van der Waals surface area contributed by atoms with Gasteiger partial charge in [0.05, 0.1) is 5.56 Å². The third-order valence-corrected chi connectivity index (χ3v) is 2.93. The van der Waals surface area contributed by atoms with Crippen molar-refractivity contribution in [2.75, 3.05) is 13.1 Å². The van der Waals surface area contributed by atoms with Gasteiger partial charge in [0, 0.05) is 12.6 Å². The Hall–Kier alpha value is -1.29. The molecule has 0 aromatic carbocycles. The molecule has 0 bridgehead atoms. The highest BCUT2D eigenvalue weighted by Crippen LogP contribution is 2.08. The number of nitrogens with one attached hydrogen (secondary N) is 2. The summed E-state index contributed by atoms with van der Waals surface area (Å²) in [5.41, 5.74) is 0.608. The molecule has 1 aromatic heterocycles. The molecule has 2 N–H and O–H groups in total. The SMILES string of the molecule is Cc1cc(C(=O)NCCC2CCCN2)co1. The zero-order valence-corrected chi connectivity index (χ0v) is 9.58. The van der Waals surface area contributed by atoms with E-state index >= 15 is 0 Å². The summed E-state index contributed by atoms with van der Waals surface area (Å²) in [7, 11) is 0. The number of hydrogen-bond donors (Lipinski definition) is 2. The minimum atomic E-state index is -0.0464. The van der Waals surface area contributed by atoms with Crippen LogP contribution >= 0.6 is 0 Å². The van der Waals surface area contributed by atoms with Crippen LogP contribution in [-0.4, -0.2) is 25.0 Å². The van der Waals surface area contributed by atoms with Gasteiger partial charge in [0.15, 0.2) is 0 Å². The molecule has 1 aliphatic rings. The quantitative estimate of drug-likeness (QED) is 0.811. The Kier molecular flexibility index (Phi) is 3.62. The lowest BCUT2D eigenvalue weighted by atomic mass is 10.1. The van der Waals surface area contributed by atoms with Crippen LogP contribution in [0.1, 0.15) is 35.4 Å². The van der Waals surface area contributed by atoms with Gasteiger partial charge in [-0.2, -0.15) is 0 Å². The van der Waals surface area contributed by atoms with Gasteiger partial charge < -0.3 is 15.1 Å². The molecule has 88 valence electrons. The number of furan rings is 1. The van der Waals surface area contributed by atoms with Crippen molar-refractivity contribution in [3.05, 3.63) is 23.7 Å². The Morgan fingerprint density at radius 2 is 2.56 bits per heavy atom. The van der Waals surface area contributed by atoms with Crippen LogP contribution in [0.25, 0.3) is 0 Å². The molecule has 0 aliphatic carbocycles. The standard InChI is InChI=1S/C12H18N2O2/c1-9-7-10(8-16-9)12(15)14-6-4-11-3-2-5-13-11/h7-8,11,13H,2-6H2,1H3,(H,14,15). The van der Waals surface area contributed by atoms with Crippen molar-refractivity contribution in [2.24, 2.45) is 0 Å². The fourth-order valence-electron chi connectivity index (χ4n) is 2.03. The third-order valence-electron chi connectivity index (χ3n) is 2.93. The molecule has 2 rings (SSSR count). The number of hydrogen-bond acceptors (Lipinski definition) is 3. The van der Waals surface area contributed by atoms with Crippen LogP contribution in [0.2, 0.25) is 0 Å². The maximum Gasteiger partial charge on any atom is 0.254 e. The summed E-state index contributed by atoms with van der Waals surface area (Å²) in [5.74, 6) is 0.720. The van der Waals surface area contributed by atoms with E-state index in [9.17, 15) is 4.79 Å². The van der Waals surface area contributed by atoms with Crippen LogP contribution in [0.15, 0.2) is 16.7 Å². The number of carbonyl (C=O) groups is 1. The average Bonchev–Trinajstić information content (AvgIpc) is 2.89. The van der Waals surface area contributed by atoms with E-state index in [0.29, 0.717) is 11.6 Å². The van der Waals surface area contributed by atoms with Crippen LogP contribution in [0.5, 0.6) is 0 Å². The summed E-state index contributed by atoms with van der Waals surface area (Å²) in [4.78, 5) is 11.6. The van der Waals surface area contributed by atoms with E-state index < -0.39 is 0 Å². The summed E-state index contributed by atoms with van der Waals surface area (Å²) >= 11 is 0. The Morgan fingerprint density at radius 1 is 1.69 bits per heavy atom. The lowest BCUT2D eigenvalue weighted by molar-refractivity contribution is 0.0951. The first-order valence-electron chi connectivity index (χ1n) is 5.82. The molecule has 1 fully saturated rings. The molecule has 0 radical (unpaired) electrons. The molecule has 2 heterocycles. The molecule has 4 heteroatoms.